The number of nitrogens with zero attached hydrogens (tertiary/aromatic N) is 2. The lowest BCUT2D eigenvalue weighted by atomic mass is 9.82. The number of carboxylic acid groups (broad SMARTS) is 1. The molecule has 0 saturated heterocycles. The van der Waals surface area contributed by atoms with Crippen molar-refractivity contribution in [1.82, 2.24) is 15.4 Å². The fourth-order valence-electron chi connectivity index (χ4n) is 3.12. The number of carbonyl (C=O) groups is 1. The van der Waals surface area contributed by atoms with E-state index in [0.29, 0.717) is 31.2 Å². The standard InChI is InChI=1S/C16H15ClF3N3O4/c17-10-5-9(6-12(7-10)27-16(18,19)20)8-1-3-11(4-2-8)26-14-13(15(24)25)21-23-22-14/h5-8,11H,1-4H2,(H,24,25)(H,21,22,23). The van der Waals surface area contributed by atoms with Crippen molar-refractivity contribution in [2.45, 2.75) is 44.1 Å². The molecular formula is C16H15ClF3N3O4. The first-order chi connectivity index (χ1) is 12.7. The van der Waals surface area contributed by atoms with Gasteiger partial charge in [-0.3, -0.25) is 0 Å². The molecule has 7 nitrogen and oxygen atoms in total. The SMILES string of the molecule is O=C(O)c1[nH]nnc1OC1CCC(c2cc(Cl)cc(OC(F)(F)F)c2)CC1. The number of nitrogens with one attached hydrogen (secondary N) is 1. The fourth-order valence-corrected chi connectivity index (χ4v) is 3.36. The third-order valence-electron chi connectivity index (χ3n) is 4.28. The second-order valence-electron chi connectivity index (χ2n) is 6.16. The molecule has 0 amide bonds. The van der Waals surface area contributed by atoms with Crippen LogP contribution in [0.2, 0.25) is 5.02 Å². The van der Waals surface area contributed by atoms with Crippen LogP contribution in [-0.4, -0.2) is 39.0 Å². The number of aromatic nitrogens is 3. The number of hydrogen-bond acceptors (Lipinski definition) is 5. The molecule has 1 aromatic heterocycles. The lowest BCUT2D eigenvalue weighted by Crippen LogP contribution is -2.24. The Morgan fingerprint density at radius 3 is 2.56 bits per heavy atom. The molecule has 0 atom stereocenters. The van der Waals surface area contributed by atoms with Crippen LogP contribution in [0.15, 0.2) is 18.2 Å². The number of aromatic carboxylic acids is 1. The average Bonchev–Trinajstić information content (AvgIpc) is 3.01. The van der Waals surface area contributed by atoms with Gasteiger partial charge in [0.15, 0.2) is 0 Å². The Morgan fingerprint density at radius 2 is 1.93 bits per heavy atom. The molecule has 1 fully saturated rings. The molecule has 27 heavy (non-hydrogen) atoms. The summed E-state index contributed by atoms with van der Waals surface area (Å²) in [5.74, 6) is -1.65. The van der Waals surface area contributed by atoms with E-state index in [-0.39, 0.29) is 34.4 Å². The zero-order valence-corrected chi connectivity index (χ0v) is 14.5. The number of H-pyrrole nitrogens is 1. The summed E-state index contributed by atoms with van der Waals surface area (Å²) in [4.78, 5) is 11.0. The number of hydrogen-bond donors (Lipinski definition) is 2. The lowest BCUT2D eigenvalue weighted by Gasteiger charge is -2.29. The van der Waals surface area contributed by atoms with Crippen molar-refractivity contribution >= 4 is 17.6 Å². The molecule has 146 valence electrons. The van der Waals surface area contributed by atoms with Crippen LogP contribution in [0.5, 0.6) is 11.6 Å². The molecule has 2 aromatic rings. The molecule has 1 saturated carbocycles. The van der Waals surface area contributed by atoms with E-state index in [1.165, 1.54) is 6.07 Å². The molecule has 3 rings (SSSR count). The van der Waals surface area contributed by atoms with Gasteiger partial charge in [0.2, 0.25) is 5.69 Å². The van der Waals surface area contributed by atoms with Crippen molar-refractivity contribution in [1.29, 1.82) is 0 Å². The molecule has 0 unspecified atom stereocenters. The van der Waals surface area contributed by atoms with Crippen molar-refractivity contribution in [3.63, 3.8) is 0 Å². The number of carboxylic acids is 1. The molecule has 1 aromatic carbocycles. The molecule has 0 spiro atoms. The quantitative estimate of drug-likeness (QED) is 0.775. The Balaban J connectivity index is 1.64. The number of alkyl halides is 3. The number of ether oxygens (including phenoxy) is 2. The topological polar surface area (TPSA) is 97.3 Å². The Morgan fingerprint density at radius 1 is 1.22 bits per heavy atom. The van der Waals surface area contributed by atoms with E-state index in [2.05, 4.69) is 20.1 Å². The van der Waals surface area contributed by atoms with Gasteiger partial charge in [-0.1, -0.05) is 21.9 Å². The number of benzene rings is 1. The largest absolute Gasteiger partial charge is 0.573 e. The van der Waals surface area contributed by atoms with Gasteiger partial charge in [-0.05, 0) is 55.4 Å². The van der Waals surface area contributed by atoms with Crippen LogP contribution in [0.1, 0.15) is 47.7 Å². The maximum atomic E-state index is 12.4. The van der Waals surface area contributed by atoms with E-state index in [9.17, 15) is 18.0 Å². The third-order valence-corrected chi connectivity index (χ3v) is 4.50. The van der Waals surface area contributed by atoms with Gasteiger partial charge < -0.3 is 14.6 Å². The Hall–Kier alpha value is -2.49. The maximum absolute atomic E-state index is 12.4. The second kappa shape index (κ2) is 7.63. The Kier molecular flexibility index (Phi) is 5.45. The van der Waals surface area contributed by atoms with Gasteiger partial charge in [0.1, 0.15) is 11.9 Å². The van der Waals surface area contributed by atoms with E-state index < -0.39 is 12.3 Å². The van der Waals surface area contributed by atoms with Gasteiger partial charge >= 0.3 is 12.3 Å². The van der Waals surface area contributed by atoms with Crippen molar-refractivity contribution in [3.8, 4) is 11.6 Å². The van der Waals surface area contributed by atoms with Crippen LogP contribution in [0.4, 0.5) is 13.2 Å². The summed E-state index contributed by atoms with van der Waals surface area (Å²) in [5.41, 5.74) is 0.439. The van der Waals surface area contributed by atoms with Gasteiger partial charge in [0, 0.05) is 5.02 Å². The Bertz CT molecular complexity index is 819. The van der Waals surface area contributed by atoms with Gasteiger partial charge in [0.25, 0.3) is 5.88 Å². The van der Waals surface area contributed by atoms with Crippen molar-refractivity contribution in [2.24, 2.45) is 0 Å². The van der Waals surface area contributed by atoms with E-state index >= 15 is 0 Å². The molecule has 1 heterocycles. The molecule has 1 aliphatic rings. The second-order valence-corrected chi connectivity index (χ2v) is 6.59. The monoisotopic (exact) mass is 405 g/mol. The maximum Gasteiger partial charge on any atom is 0.573 e. The first-order valence-electron chi connectivity index (χ1n) is 8.08. The third kappa shape index (κ3) is 5.03. The molecule has 0 bridgehead atoms. The fraction of sp³-hybridized carbons (Fsp3) is 0.438. The number of halogens is 4. The summed E-state index contributed by atoms with van der Waals surface area (Å²) in [5, 5.41) is 18.5. The predicted molar refractivity (Wildman–Crippen MR) is 87.1 cm³/mol. The van der Waals surface area contributed by atoms with Crippen LogP contribution in [-0.2, 0) is 0 Å². The van der Waals surface area contributed by atoms with Gasteiger partial charge in [-0.25, -0.2) is 9.89 Å². The van der Waals surface area contributed by atoms with Crippen LogP contribution >= 0.6 is 11.6 Å². The molecule has 1 aliphatic carbocycles. The normalized spacial score (nSPS) is 20.3. The van der Waals surface area contributed by atoms with Crippen LogP contribution < -0.4 is 9.47 Å². The average molecular weight is 406 g/mol. The first kappa shape index (κ1) is 19.3. The summed E-state index contributed by atoms with van der Waals surface area (Å²) < 4.78 is 46.8. The summed E-state index contributed by atoms with van der Waals surface area (Å²) in [6.07, 6.45) is -2.60. The number of rotatable bonds is 5. The number of aromatic amines is 1. The van der Waals surface area contributed by atoms with E-state index in [0.717, 1.165) is 6.07 Å². The minimum Gasteiger partial charge on any atom is -0.476 e. The van der Waals surface area contributed by atoms with Crippen LogP contribution in [0, 0.1) is 0 Å². The zero-order chi connectivity index (χ0) is 19.6. The molecule has 2 N–H and O–H groups in total. The van der Waals surface area contributed by atoms with Crippen LogP contribution in [0.25, 0.3) is 0 Å². The highest BCUT2D eigenvalue weighted by Crippen LogP contribution is 2.38. The van der Waals surface area contributed by atoms with Gasteiger partial charge in [0.05, 0.1) is 0 Å². The smallest absolute Gasteiger partial charge is 0.476 e. The Labute approximate surface area is 156 Å². The van der Waals surface area contributed by atoms with Crippen LogP contribution in [0.3, 0.4) is 0 Å². The summed E-state index contributed by atoms with van der Waals surface area (Å²) in [6.45, 7) is 0. The van der Waals surface area contributed by atoms with E-state index in [1.807, 2.05) is 0 Å². The van der Waals surface area contributed by atoms with Gasteiger partial charge in [-0.2, -0.15) is 0 Å². The molecule has 0 radical (unpaired) electrons. The zero-order valence-electron chi connectivity index (χ0n) is 13.8. The molecular weight excluding hydrogens is 391 g/mol. The summed E-state index contributed by atoms with van der Waals surface area (Å²) in [7, 11) is 0. The molecule has 0 aliphatic heterocycles. The van der Waals surface area contributed by atoms with E-state index in [1.54, 1.807) is 6.07 Å². The minimum atomic E-state index is -4.78. The van der Waals surface area contributed by atoms with E-state index in [4.69, 9.17) is 21.4 Å². The van der Waals surface area contributed by atoms with Crippen molar-refractivity contribution in [3.05, 3.63) is 34.5 Å². The predicted octanol–water partition coefficient (Wildman–Crippen LogP) is 4.16. The summed E-state index contributed by atoms with van der Waals surface area (Å²) >= 11 is 5.92. The minimum absolute atomic E-state index is 0.00427. The molecule has 11 heteroatoms. The first-order valence-corrected chi connectivity index (χ1v) is 8.46. The van der Waals surface area contributed by atoms with Crippen molar-refractivity contribution < 1.29 is 32.5 Å². The lowest BCUT2D eigenvalue weighted by molar-refractivity contribution is -0.274. The highest BCUT2D eigenvalue weighted by atomic mass is 35.5. The highest BCUT2D eigenvalue weighted by molar-refractivity contribution is 6.30. The summed E-state index contributed by atoms with van der Waals surface area (Å²) in [6, 6.07) is 4.08. The van der Waals surface area contributed by atoms with Crippen molar-refractivity contribution in [2.75, 3.05) is 0 Å². The highest BCUT2D eigenvalue weighted by Gasteiger charge is 2.32. The van der Waals surface area contributed by atoms with Gasteiger partial charge in [-0.15, -0.1) is 13.2 Å².